The molecule has 2 fully saturated rings. The summed E-state index contributed by atoms with van der Waals surface area (Å²) >= 11 is 0. The molecule has 4 heterocycles. The summed E-state index contributed by atoms with van der Waals surface area (Å²) < 4.78 is 45.3. The lowest BCUT2D eigenvalue weighted by molar-refractivity contribution is -0.138. The molecule has 4 aromatic rings. The van der Waals surface area contributed by atoms with Crippen LogP contribution in [0.25, 0.3) is 22.5 Å². The fraction of sp³-hybridized carbons (Fsp3) is 0.382. The number of hydrogen-bond donors (Lipinski definition) is 1. The predicted octanol–water partition coefficient (Wildman–Crippen LogP) is 6.42. The van der Waals surface area contributed by atoms with Crippen LogP contribution in [0.3, 0.4) is 0 Å². The van der Waals surface area contributed by atoms with Crippen LogP contribution in [-0.2, 0) is 26.3 Å². The van der Waals surface area contributed by atoms with E-state index in [4.69, 9.17) is 10.2 Å². The van der Waals surface area contributed by atoms with E-state index in [0.717, 1.165) is 30.6 Å². The van der Waals surface area contributed by atoms with E-state index in [1.807, 2.05) is 37.4 Å². The van der Waals surface area contributed by atoms with Gasteiger partial charge in [0.1, 0.15) is 18.0 Å². The van der Waals surface area contributed by atoms with E-state index in [2.05, 4.69) is 26.5 Å². The van der Waals surface area contributed by atoms with Crippen molar-refractivity contribution in [2.24, 2.45) is 12.5 Å². The minimum Gasteiger partial charge on any atom is -0.370 e. The van der Waals surface area contributed by atoms with Crippen molar-refractivity contribution in [2.75, 3.05) is 29.9 Å². The summed E-state index contributed by atoms with van der Waals surface area (Å²) in [6, 6.07) is 16.1. The number of nitrogens with one attached hydrogen (secondary N) is 1. The van der Waals surface area contributed by atoms with Crippen molar-refractivity contribution in [2.45, 2.75) is 51.4 Å². The van der Waals surface area contributed by atoms with Gasteiger partial charge in [-0.15, -0.1) is 10.2 Å². The molecule has 3 aliphatic rings. The molecule has 2 aliphatic heterocycles. The number of likely N-dealkylation sites (tertiary alicyclic amines) is 1. The van der Waals surface area contributed by atoms with Crippen LogP contribution in [-0.4, -0.2) is 50.2 Å². The Labute approximate surface area is 264 Å². The molecule has 12 heteroatoms. The molecular weight excluding hydrogens is 593 g/mol. The quantitative estimate of drug-likeness (QED) is 0.214. The molecular formula is C34H33F3N8O. The summed E-state index contributed by atoms with van der Waals surface area (Å²) in [6.07, 6.45) is 1.36. The maximum absolute atomic E-state index is 14.5. The average molecular weight is 627 g/mol. The second-order valence-electron chi connectivity index (χ2n) is 12.6. The first-order valence-electron chi connectivity index (χ1n) is 15.5. The average Bonchev–Trinajstić information content (AvgIpc) is 3.29. The van der Waals surface area contributed by atoms with E-state index in [1.165, 1.54) is 23.8 Å². The van der Waals surface area contributed by atoms with E-state index in [1.54, 1.807) is 23.0 Å². The molecule has 2 aromatic carbocycles. The van der Waals surface area contributed by atoms with Crippen LogP contribution in [0.2, 0.25) is 0 Å². The number of pyridine rings is 1. The first kappa shape index (κ1) is 29.9. The Hall–Kier alpha value is -4.76. The van der Waals surface area contributed by atoms with Crippen molar-refractivity contribution >= 4 is 17.5 Å². The number of fused-ring (bicyclic) bond motifs is 1. The number of nitriles is 1. The number of carbonyl (C=O) groups excluding carboxylic acids is 1. The summed E-state index contributed by atoms with van der Waals surface area (Å²) in [5.74, 6) is 0.806. The van der Waals surface area contributed by atoms with Gasteiger partial charge in [0.25, 0.3) is 5.91 Å². The van der Waals surface area contributed by atoms with Crippen molar-refractivity contribution in [1.29, 1.82) is 5.26 Å². The number of nitrogens with zero attached hydrogens (tertiary/aromatic N) is 7. The molecule has 0 unspecified atom stereocenters. The minimum atomic E-state index is -4.61. The highest BCUT2D eigenvalue weighted by atomic mass is 19.4. The Morgan fingerprint density at radius 1 is 1.07 bits per heavy atom. The van der Waals surface area contributed by atoms with E-state index < -0.39 is 17.6 Å². The normalized spacial score (nSPS) is 17.0. The number of halogens is 3. The zero-order valence-corrected chi connectivity index (χ0v) is 25.4. The Kier molecular flexibility index (Phi) is 7.51. The van der Waals surface area contributed by atoms with Crippen LogP contribution in [0.5, 0.6) is 0 Å². The van der Waals surface area contributed by atoms with Gasteiger partial charge in [0, 0.05) is 44.2 Å². The topological polar surface area (TPSA) is 103 Å². The molecule has 1 amide bonds. The zero-order chi connectivity index (χ0) is 32.1. The van der Waals surface area contributed by atoms with Gasteiger partial charge in [-0.05, 0) is 84.2 Å². The highest BCUT2D eigenvalue weighted by Gasteiger charge is 2.47. The predicted molar refractivity (Wildman–Crippen MR) is 167 cm³/mol. The van der Waals surface area contributed by atoms with E-state index in [-0.39, 0.29) is 23.5 Å². The molecule has 1 saturated carbocycles. The number of carbonyl (C=O) groups is 1. The van der Waals surface area contributed by atoms with Crippen molar-refractivity contribution in [3.8, 4) is 28.6 Å². The Morgan fingerprint density at radius 2 is 1.87 bits per heavy atom. The zero-order valence-electron chi connectivity index (χ0n) is 25.4. The number of alkyl halides is 3. The number of anilines is 2. The number of amides is 1. The van der Waals surface area contributed by atoms with Gasteiger partial charge in [-0.2, -0.15) is 18.4 Å². The van der Waals surface area contributed by atoms with Gasteiger partial charge < -0.3 is 9.88 Å². The lowest BCUT2D eigenvalue weighted by Crippen LogP contribution is -2.24. The van der Waals surface area contributed by atoms with E-state index in [9.17, 15) is 18.0 Å². The van der Waals surface area contributed by atoms with Gasteiger partial charge in [-0.1, -0.05) is 24.3 Å². The third-order valence-corrected chi connectivity index (χ3v) is 9.34. The van der Waals surface area contributed by atoms with Crippen LogP contribution in [0.15, 0.2) is 54.9 Å². The fourth-order valence-corrected chi connectivity index (χ4v) is 6.74. The summed E-state index contributed by atoms with van der Waals surface area (Å²) in [5, 5.41) is 20.5. The molecule has 7 rings (SSSR count). The molecule has 1 saturated heterocycles. The molecule has 236 valence electrons. The second kappa shape index (κ2) is 11.6. The smallest absolute Gasteiger partial charge is 0.370 e. The first-order chi connectivity index (χ1) is 22.1. The monoisotopic (exact) mass is 626 g/mol. The van der Waals surface area contributed by atoms with Crippen molar-refractivity contribution in [3.63, 3.8) is 0 Å². The number of aryl methyl sites for hydroxylation is 1. The fourth-order valence-electron chi connectivity index (χ4n) is 6.74. The van der Waals surface area contributed by atoms with Crippen LogP contribution in [0.4, 0.5) is 24.8 Å². The number of benzene rings is 2. The maximum Gasteiger partial charge on any atom is 0.416 e. The van der Waals surface area contributed by atoms with Crippen molar-refractivity contribution in [3.05, 3.63) is 77.1 Å². The van der Waals surface area contributed by atoms with Gasteiger partial charge in [0.2, 0.25) is 0 Å². The number of aromatic nitrogens is 4. The highest BCUT2D eigenvalue weighted by molar-refractivity contribution is 6.10. The lowest BCUT2D eigenvalue weighted by Gasteiger charge is -2.19. The SMILES string of the molecule is Cn1cnnc1-c1ccccc1-c1cc(NCCCC#N)nc(N2Cc3c(cc(CN4CCC5(CC5)C4)cc3C(F)(F)F)C2=O)c1. The second-order valence-corrected chi connectivity index (χ2v) is 12.6. The molecule has 1 N–H and O–H groups in total. The number of unbranched alkanes of at least 4 members (excludes halogenated alkanes) is 1. The molecule has 1 aliphatic carbocycles. The Balaban J connectivity index is 1.26. The van der Waals surface area contributed by atoms with Gasteiger partial charge in [0.05, 0.1) is 18.2 Å². The standard InChI is InChI=1S/C34H33F3N8O/c1-43-21-40-42-31(43)25-7-3-2-6-24(25)23-16-29(39-12-5-4-11-38)41-30(17-23)45-19-27-26(32(45)46)14-22(15-28(27)34(35,36)37)18-44-13-10-33(20-44)8-9-33/h2-3,6-7,14-17,21H,4-5,8-10,12-13,18-20H2,1H3,(H,39,41). The van der Waals surface area contributed by atoms with Crippen molar-refractivity contribution in [1.82, 2.24) is 24.6 Å². The minimum absolute atomic E-state index is 0.0310. The number of rotatable bonds is 9. The van der Waals surface area contributed by atoms with E-state index in [0.29, 0.717) is 54.1 Å². The van der Waals surface area contributed by atoms with Gasteiger partial charge in [-0.25, -0.2) is 4.98 Å². The van der Waals surface area contributed by atoms with Crippen LogP contribution < -0.4 is 10.2 Å². The summed E-state index contributed by atoms with van der Waals surface area (Å²) in [5.41, 5.74) is 2.41. The van der Waals surface area contributed by atoms with Gasteiger partial charge >= 0.3 is 6.18 Å². The maximum atomic E-state index is 14.5. The lowest BCUT2D eigenvalue weighted by atomic mass is 9.98. The molecule has 46 heavy (non-hydrogen) atoms. The molecule has 1 spiro atoms. The van der Waals surface area contributed by atoms with Crippen LogP contribution in [0, 0.1) is 16.7 Å². The Morgan fingerprint density at radius 3 is 2.57 bits per heavy atom. The molecule has 9 nitrogen and oxygen atoms in total. The summed E-state index contributed by atoms with van der Waals surface area (Å²) in [6.45, 7) is 2.35. The molecule has 0 atom stereocenters. The number of hydrogen-bond acceptors (Lipinski definition) is 7. The van der Waals surface area contributed by atoms with Crippen LogP contribution in [0.1, 0.15) is 59.2 Å². The van der Waals surface area contributed by atoms with E-state index >= 15 is 0 Å². The Bertz CT molecular complexity index is 1860. The largest absolute Gasteiger partial charge is 0.416 e. The summed E-state index contributed by atoms with van der Waals surface area (Å²) in [4.78, 5) is 22.2. The summed E-state index contributed by atoms with van der Waals surface area (Å²) in [7, 11) is 1.84. The molecule has 0 radical (unpaired) electrons. The van der Waals surface area contributed by atoms with Crippen LogP contribution >= 0.6 is 0 Å². The third-order valence-electron chi connectivity index (χ3n) is 9.34. The highest BCUT2D eigenvalue weighted by Crippen LogP contribution is 2.53. The van der Waals surface area contributed by atoms with Gasteiger partial charge in [-0.3, -0.25) is 14.6 Å². The van der Waals surface area contributed by atoms with Crippen molar-refractivity contribution < 1.29 is 18.0 Å². The first-order valence-corrected chi connectivity index (χ1v) is 15.5. The molecule has 2 aromatic heterocycles. The molecule has 0 bridgehead atoms. The van der Waals surface area contributed by atoms with Gasteiger partial charge in [0.15, 0.2) is 5.82 Å². The third kappa shape index (κ3) is 5.71.